The number of urea groups is 1. The molecule has 1 fully saturated rings. The van der Waals surface area contributed by atoms with Gasteiger partial charge < -0.3 is 15.0 Å². The Morgan fingerprint density at radius 2 is 2.20 bits per heavy atom. The van der Waals surface area contributed by atoms with E-state index in [-0.39, 0.29) is 11.8 Å². The lowest BCUT2D eigenvalue weighted by atomic mass is 9.99. The maximum absolute atomic E-state index is 12.8. The van der Waals surface area contributed by atoms with Gasteiger partial charge in [0, 0.05) is 26.7 Å². The molecule has 0 spiro atoms. The van der Waals surface area contributed by atoms with E-state index in [4.69, 9.17) is 4.74 Å². The van der Waals surface area contributed by atoms with Crippen LogP contribution in [-0.4, -0.2) is 44.3 Å². The summed E-state index contributed by atoms with van der Waals surface area (Å²) in [5.41, 5.74) is 1.12. The zero-order chi connectivity index (χ0) is 14.4. The van der Waals surface area contributed by atoms with Crippen molar-refractivity contribution in [3.8, 4) is 0 Å². The zero-order valence-electron chi connectivity index (χ0n) is 11.8. The van der Waals surface area contributed by atoms with Crippen LogP contribution in [0.1, 0.15) is 12.0 Å². The van der Waals surface area contributed by atoms with Gasteiger partial charge in [0.1, 0.15) is 5.82 Å². The first kappa shape index (κ1) is 14.8. The summed E-state index contributed by atoms with van der Waals surface area (Å²) in [6.45, 7) is 2.61. The van der Waals surface area contributed by atoms with Crippen molar-refractivity contribution >= 4 is 6.03 Å². The van der Waals surface area contributed by atoms with Crippen LogP contribution in [0.25, 0.3) is 0 Å². The van der Waals surface area contributed by atoms with E-state index in [1.165, 1.54) is 12.1 Å². The maximum Gasteiger partial charge on any atom is 0.317 e. The van der Waals surface area contributed by atoms with E-state index in [9.17, 15) is 9.18 Å². The van der Waals surface area contributed by atoms with Crippen molar-refractivity contribution in [3.63, 3.8) is 0 Å². The SMILES string of the molecule is COCCNC(=O)N1CCC(Cc2ccc(F)cc2)C1. The fourth-order valence-electron chi connectivity index (χ4n) is 2.51. The summed E-state index contributed by atoms with van der Waals surface area (Å²) in [4.78, 5) is 13.7. The summed E-state index contributed by atoms with van der Waals surface area (Å²) in [6.07, 6.45) is 1.89. The first-order valence-electron chi connectivity index (χ1n) is 6.95. The number of hydrogen-bond acceptors (Lipinski definition) is 2. The van der Waals surface area contributed by atoms with E-state index in [0.29, 0.717) is 19.1 Å². The molecule has 1 saturated heterocycles. The first-order chi connectivity index (χ1) is 9.69. The van der Waals surface area contributed by atoms with E-state index in [2.05, 4.69) is 5.32 Å². The van der Waals surface area contributed by atoms with Crippen molar-refractivity contribution in [1.82, 2.24) is 10.2 Å². The largest absolute Gasteiger partial charge is 0.383 e. The van der Waals surface area contributed by atoms with Gasteiger partial charge in [-0.2, -0.15) is 0 Å². The summed E-state index contributed by atoms with van der Waals surface area (Å²) in [6, 6.07) is 6.58. The molecular formula is C15H21FN2O2. The van der Waals surface area contributed by atoms with E-state index in [1.807, 2.05) is 17.0 Å². The molecule has 1 N–H and O–H groups in total. The van der Waals surface area contributed by atoms with Crippen LogP contribution in [0.4, 0.5) is 9.18 Å². The third-order valence-electron chi connectivity index (χ3n) is 3.59. The van der Waals surface area contributed by atoms with Gasteiger partial charge in [-0.3, -0.25) is 0 Å². The molecule has 2 amide bonds. The lowest BCUT2D eigenvalue weighted by molar-refractivity contribution is 0.184. The van der Waals surface area contributed by atoms with Crippen molar-refractivity contribution in [2.75, 3.05) is 33.4 Å². The molecule has 1 aliphatic rings. The number of ether oxygens (including phenoxy) is 1. The number of rotatable bonds is 5. The zero-order valence-corrected chi connectivity index (χ0v) is 11.8. The minimum atomic E-state index is -0.209. The Morgan fingerprint density at radius 3 is 2.90 bits per heavy atom. The Kier molecular flexibility index (Phi) is 5.35. The van der Waals surface area contributed by atoms with Gasteiger partial charge in [-0.1, -0.05) is 12.1 Å². The molecule has 0 bridgehead atoms. The topological polar surface area (TPSA) is 41.6 Å². The summed E-state index contributed by atoms with van der Waals surface area (Å²) in [5, 5.41) is 2.83. The Morgan fingerprint density at radius 1 is 1.45 bits per heavy atom. The molecule has 1 atom stereocenters. The van der Waals surface area contributed by atoms with Gasteiger partial charge in [0.15, 0.2) is 0 Å². The number of likely N-dealkylation sites (tertiary alicyclic amines) is 1. The Hall–Kier alpha value is -1.62. The molecule has 0 aromatic heterocycles. The first-order valence-corrected chi connectivity index (χ1v) is 6.95. The van der Waals surface area contributed by atoms with Crippen LogP contribution in [0.5, 0.6) is 0 Å². The van der Waals surface area contributed by atoms with Crippen molar-refractivity contribution in [3.05, 3.63) is 35.6 Å². The second-order valence-electron chi connectivity index (χ2n) is 5.16. The number of carbonyl (C=O) groups excluding carboxylic acids is 1. The minimum Gasteiger partial charge on any atom is -0.383 e. The fraction of sp³-hybridized carbons (Fsp3) is 0.533. The standard InChI is InChI=1S/C15H21FN2O2/c1-20-9-7-17-15(19)18-8-6-13(11-18)10-12-2-4-14(16)5-3-12/h2-5,13H,6-11H2,1H3,(H,17,19). The summed E-state index contributed by atoms with van der Waals surface area (Å²) >= 11 is 0. The van der Waals surface area contributed by atoms with Crippen LogP contribution in [0, 0.1) is 11.7 Å². The van der Waals surface area contributed by atoms with Crippen molar-refractivity contribution in [2.24, 2.45) is 5.92 Å². The highest BCUT2D eigenvalue weighted by Crippen LogP contribution is 2.21. The number of amides is 2. The normalized spacial score (nSPS) is 18.3. The van der Waals surface area contributed by atoms with Crippen molar-refractivity contribution in [1.29, 1.82) is 0 Å². The molecule has 1 aliphatic heterocycles. The molecule has 4 nitrogen and oxygen atoms in total. The molecule has 0 saturated carbocycles. The lowest BCUT2D eigenvalue weighted by Gasteiger charge is -2.17. The predicted molar refractivity (Wildman–Crippen MR) is 75.1 cm³/mol. The van der Waals surface area contributed by atoms with Crippen LogP contribution in [-0.2, 0) is 11.2 Å². The molecule has 1 aromatic carbocycles. The number of nitrogens with one attached hydrogen (secondary N) is 1. The van der Waals surface area contributed by atoms with Gasteiger partial charge in [0.05, 0.1) is 6.61 Å². The highest BCUT2D eigenvalue weighted by atomic mass is 19.1. The highest BCUT2D eigenvalue weighted by molar-refractivity contribution is 5.74. The third kappa shape index (κ3) is 4.20. The molecule has 2 rings (SSSR count). The molecular weight excluding hydrogens is 259 g/mol. The second kappa shape index (κ2) is 7.24. The van der Waals surface area contributed by atoms with E-state index in [0.717, 1.165) is 31.5 Å². The number of carbonyl (C=O) groups is 1. The van der Waals surface area contributed by atoms with Crippen molar-refractivity contribution < 1.29 is 13.9 Å². The summed E-state index contributed by atoms with van der Waals surface area (Å²) in [7, 11) is 1.61. The van der Waals surface area contributed by atoms with Crippen LogP contribution in [0.15, 0.2) is 24.3 Å². The number of halogens is 1. The molecule has 1 unspecified atom stereocenters. The Bertz CT molecular complexity index is 436. The second-order valence-corrected chi connectivity index (χ2v) is 5.16. The fourth-order valence-corrected chi connectivity index (χ4v) is 2.51. The van der Waals surface area contributed by atoms with Crippen LogP contribution in [0.3, 0.4) is 0 Å². The van der Waals surface area contributed by atoms with E-state index in [1.54, 1.807) is 7.11 Å². The maximum atomic E-state index is 12.8. The van der Waals surface area contributed by atoms with Gasteiger partial charge >= 0.3 is 6.03 Å². The average Bonchev–Trinajstić information content (AvgIpc) is 2.90. The molecule has 0 aliphatic carbocycles. The van der Waals surface area contributed by atoms with Gasteiger partial charge in [-0.05, 0) is 36.5 Å². The quantitative estimate of drug-likeness (QED) is 0.839. The molecule has 1 aromatic rings. The molecule has 110 valence electrons. The molecule has 20 heavy (non-hydrogen) atoms. The predicted octanol–water partition coefficient (Wildman–Crippen LogP) is 2.05. The summed E-state index contributed by atoms with van der Waals surface area (Å²) < 4.78 is 17.7. The van der Waals surface area contributed by atoms with Gasteiger partial charge in [-0.15, -0.1) is 0 Å². The Balaban J connectivity index is 1.77. The van der Waals surface area contributed by atoms with Gasteiger partial charge in [0.25, 0.3) is 0 Å². The van der Waals surface area contributed by atoms with Gasteiger partial charge in [0.2, 0.25) is 0 Å². The Labute approximate surface area is 118 Å². The number of hydrogen-bond donors (Lipinski definition) is 1. The van der Waals surface area contributed by atoms with Crippen molar-refractivity contribution in [2.45, 2.75) is 12.8 Å². The van der Waals surface area contributed by atoms with Gasteiger partial charge in [-0.25, -0.2) is 9.18 Å². The highest BCUT2D eigenvalue weighted by Gasteiger charge is 2.25. The molecule has 1 heterocycles. The average molecular weight is 280 g/mol. The minimum absolute atomic E-state index is 0.0244. The number of nitrogens with zero attached hydrogens (tertiary/aromatic N) is 1. The third-order valence-corrected chi connectivity index (χ3v) is 3.59. The molecule has 0 radical (unpaired) electrons. The number of benzene rings is 1. The van der Waals surface area contributed by atoms with E-state index >= 15 is 0 Å². The smallest absolute Gasteiger partial charge is 0.317 e. The van der Waals surface area contributed by atoms with Crippen LogP contribution >= 0.6 is 0 Å². The summed E-state index contributed by atoms with van der Waals surface area (Å²) in [5.74, 6) is 0.243. The lowest BCUT2D eigenvalue weighted by Crippen LogP contribution is -2.39. The van der Waals surface area contributed by atoms with Crippen LogP contribution in [0.2, 0.25) is 0 Å². The van der Waals surface area contributed by atoms with E-state index < -0.39 is 0 Å². The van der Waals surface area contributed by atoms with Crippen LogP contribution < -0.4 is 5.32 Å². The molecule has 5 heteroatoms. The monoisotopic (exact) mass is 280 g/mol. The number of methoxy groups -OCH3 is 1.